The average Bonchev–Trinajstić information content (AvgIpc) is 1.99. The maximum Gasteiger partial charge on any atom is 0.0447 e. The second-order valence-electron chi connectivity index (χ2n) is 4.21. The molecule has 0 atom stereocenters. The van der Waals surface area contributed by atoms with Gasteiger partial charge in [-0.05, 0) is 38.8 Å². The Bertz CT molecular complexity index is 394. The molecule has 0 bridgehead atoms. The largest absolute Gasteiger partial charge is 0.310 e. The summed E-state index contributed by atoms with van der Waals surface area (Å²) in [5, 5.41) is 15.4. The van der Waals surface area contributed by atoms with Crippen molar-refractivity contribution in [2.24, 2.45) is 0 Å². The first-order valence-electron chi connectivity index (χ1n) is 5.11. The van der Waals surface area contributed by atoms with Crippen LogP contribution in [0.3, 0.4) is 0 Å². The molecule has 2 N–H and O–H groups in total. The van der Waals surface area contributed by atoms with E-state index in [4.69, 9.17) is 10.8 Å². The summed E-state index contributed by atoms with van der Waals surface area (Å²) in [7, 11) is 0. The van der Waals surface area contributed by atoms with Gasteiger partial charge in [0.25, 0.3) is 0 Å². The van der Waals surface area contributed by atoms with Crippen LogP contribution in [0.5, 0.6) is 0 Å². The van der Waals surface area contributed by atoms with Crippen molar-refractivity contribution in [3.63, 3.8) is 0 Å². The Hall–Kier alpha value is -1.44. The average molecular weight is 202 g/mol. The standard InChI is InChI=1S/C13H18N2/c1-8-5-9(2)13(10(3)6-8)12(15)7-11(4)14/h5-6,14-15H,7H2,1-4H3. The molecule has 0 aliphatic rings. The van der Waals surface area contributed by atoms with Crippen molar-refractivity contribution < 1.29 is 0 Å². The molecular formula is C13H18N2. The second kappa shape index (κ2) is 4.39. The zero-order chi connectivity index (χ0) is 11.6. The van der Waals surface area contributed by atoms with Crippen molar-refractivity contribution in [1.29, 1.82) is 10.8 Å². The third-order valence-corrected chi connectivity index (χ3v) is 2.42. The lowest BCUT2D eigenvalue weighted by Gasteiger charge is -2.12. The fraction of sp³-hybridized carbons (Fsp3) is 0.385. The first-order chi connectivity index (χ1) is 6.91. The van der Waals surface area contributed by atoms with E-state index in [0.717, 1.165) is 16.7 Å². The molecule has 0 saturated heterocycles. The predicted molar refractivity (Wildman–Crippen MR) is 65.5 cm³/mol. The molecule has 1 aromatic carbocycles. The molecule has 0 radical (unpaired) electrons. The number of benzene rings is 1. The minimum atomic E-state index is 0.449. The maximum atomic E-state index is 7.97. The van der Waals surface area contributed by atoms with E-state index in [1.807, 2.05) is 13.8 Å². The van der Waals surface area contributed by atoms with E-state index in [-0.39, 0.29) is 0 Å². The van der Waals surface area contributed by atoms with Crippen molar-refractivity contribution in [3.8, 4) is 0 Å². The van der Waals surface area contributed by atoms with Crippen LogP contribution in [0.25, 0.3) is 0 Å². The molecule has 0 aliphatic carbocycles. The van der Waals surface area contributed by atoms with Crippen molar-refractivity contribution in [2.45, 2.75) is 34.1 Å². The van der Waals surface area contributed by atoms with E-state index >= 15 is 0 Å². The van der Waals surface area contributed by atoms with E-state index in [1.54, 1.807) is 6.92 Å². The Balaban J connectivity index is 3.14. The lowest BCUT2D eigenvalue weighted by Crippen LogP contribution is -2.08. The number of rotatable bonds is 3. The number of hydrogen-bond acceptors (Lipinski definition) is 2. The van der Waals surface area contributed by atoms with Gasteiger partial charge in [-0.25, -0.2) is 0 Å². The smallest absolute Gasteiger partial charge is 0.0447 e. The Morgan fingerprint density at radius 2 is 1.53 bits per heavy atom. The van der Waals surface area contributed by atoms with Gasteiger partial charge in [-0.2, -0.15) is 0 Å². The topological polar surface area (TPSA) is 47.7 Å². The van der Waals surface area contributed by atoms with Gasteiger partial charge < -0.3 is 10.8 Å². The number of nitrogens with one attached hydrogen (secondary N) is 2. The Morgan fingerprint density at radius 3 is 1.93 bits per heavy atom. The SMILES string of the molecule is CC(=N)CC(=N)c1c(C)cc(C)cc1C. The van der Waals surface area contributed by atoms with Crippen molar-refractivity contribution in [2.75, 3.05) is 0 Å². The van der Waals surface area contributed by atoms with Crippen LogP contribution in [0.2, 0.25) is 0 Å². The van der Waals surface area contributed by atoms with Gasteiger partial charge >= 0.3 is 0 Å². The van der Waals surface area contributed by atoms with Crippen LogP contribution in [0.15, 0.2) is 12.1 Å². The molecule has 0 heterocycles. The monoisotopic (exact) mass is 202 g/mol. The molecular weight excluding hydrogens is 184 g/mol. The quantitative estimate of drug-likeness (QED) is 0.706. The molecule has 15 heavy (non-hydrogen) atoms. The van der Waals surface area contributed by atoms with Gasteiger partial charge in [0.1, 0.15) is 0 Å². The van der Waals surface area contributed by atoms with Crippen LogP contribution in [0.4, 0.5) is 0 Å². The zero-order valence-corrected chi connectivity index (χ0v) is 9.86. The van der Waals surface area contributed by atoms with Crippen molar-refractivity contribution in [1.82, 2.24) is 0 Å². The molecule has 0 amide bonds. The number of aryl methyl sites for hydroxylation is 3. The van der Waals surface area contributed by atoms with Crippen LogP contribution in [0.1, 0.15) is 35.6 Å². The lowest BCUT2D eigenvalue weighted by molar-refractivity contribution is 1.25. The maximum absolute atomic E-state index is 7.97. The molecule has 1 aromatic rings. The summed E-state index contributed by atoms with van der Waals surface area (Å²) >= 11 is 0. The van der Waals surface area contributed by atoms with Gasteiger partial charge in [-0.1, -0.05) is 17.7 Å². The van der Waals surface area contributed by atoms with Gasteiger partial charge in [0, 0.05) is 23.4 Å². The summed E-state index contributed by atoms with van der Waals surface area (Å²) in [6.07, 6.45) is 0.449. The minimum absolute atomic E-state index is 0.449. The Kier molecular flexibility index (Phi) is 3.40. The third kappa shape index (κ3) is 2.75. The summed E-state index contributed by atoms with van der Waals surface area (Å²) in [4.78, 5) is 0. The minimum Gasteiger partial charge on any atom is -0.310 e. The predicted octanol–water partition coefficient (Wildman–Crippen LogP) is 3.41. The fourth-order valence-electron chi connectivity index (χ4n) is 2.01. The van der Waals surface area contributed by atoms with Crippen molar-refractivity contribution >= 4 is 11.4 Å². The highest BCUT2D eigenvalue weighted by atomic mass is 14.5. The summed E-state index contributed by atoms with van der Waals surface area (Å²) in [6.45, 7) is 7.87. The number of hydrogen-bond donors (Lipinski definition) is 2. The first-order valence-corrected chi connectivity index (χ1v) is 5.11. The van der Waals surface area contributed by atoms with Crippen molar-refractivity contribution in [3.05, 3.63) is 34.4 Å². The van der Waals surface area contributed by atoms with Crippen LogP contribution in [-0.2, 0) is 0 Å². The second-order valence-corrected chi connectivity index (χ2v) is 4.21. The van der Waals surface area contributed by atoms with Crippen LogP contribution in [-0.4, -0.2) is 11.4 Å². The van der Waals surface area contributed by atoms with E-state index in [9.17, 15) is 0 Å². The van der Waals surface area contributed by atoms with E-state index in [0.29, 0.717) is 17.8 Å². The summed E-state index contributed by atoms with van der Waals surface area (Å²) in [5.41, 5.74) is 5.61. The molecule has 0 aromatic heterocycles. The van der Waals surface area contributed by atoms with Crippen LogP contribution < -0.4 is 0 Å². The highest BCUT2D eigenvalue weighted by Crippen LogP contribution is 2.18. The summed E-state index contributed by atoms with van der Waals surface area (Å²) in [5.74, 6) is 0. The molecule has 80 valence electrons. The molecule has 2 heteroatoms. The molecule has 0 saturated carbocycles. The van der Waals surface area contributed by atoms with Crippen LogP contribution >= 0.6 is 0 Å². The van der Waals surface area contributed by atoms with Gasteiger partial charge in [-0.15, -0.1) is 0 Å². The van der Waals surface area contributed by atoms with Gasteiger partial charge in [0.15, 0.2) is 0 Å². The molecule has 0 spiro atoms. The first kappa shape index (κ1) is 11.6. The van der Waals surface area contributed by atoms with E-state index in [1.165, 1.54) is 5.56 Å². The molecule has 2 nitrogen and oxygen atoms in total. The Morgan fingerprint density at radius 1 is 1.07 bits per heavy atom. The molecule has 0 aliphatic heterocycles. The fourth-order valence-corrected chi connectivity index (χ4v) is 2.01. The highest BCUT2D eigenvalue weighted by molar-refractivity contribution is 6.11. The Labute approximate surface area is 91.4 Å². The van der Waals surface area contributed by atoms with E-state index in [2.05, 4.69) is 19.1 Å². The highest BCUT2D eigenvalue weighted by Gasteiger charge is 2.09. The third-order valence-electron chi connectivity index (χ3n) is 2.42. The van der Waals surface area contributed by atoms with Crippen LogP contribution in [0, 0.1) is 31.6 Å². The normalized spacial score (nSPS) is 10.1. The molecule has 0 unspecified atom stereocenters. The lowest BCUT2D eigenvalue weighted by atomic mass is 9.94. The summed E-state index contributed by atoms with van der Waals surface area (Å²) in [6, 6.07) is 4.19. The van der Waals surface area contributed by atoms with Gasteiger partial charge in [-0.3, -0.25) is 0 Å². The van der Waals surface area contributed by atoms with E-state index < -0.39 is 0 Å². The van der Waals surface area contributed by atoms with Gasteiger partial charge in [0.2, 0.25) is 0 Å². The molecule has 0 fully saturated rings. The van der Waals surface area contributed by atoms with Gasteiger partial charge in [0.05, 0.1) is 0 Å². The summed E-state index contributed by atoms with van der Waals surface area (Å²) < 4.78 is 0. The molecule has 1 rings (SSSR count). The zero-order valence-electron chi connectivity index (χ0n) is 9.86.